The summed E-state index contributed by atoms with van der Waals surface area (Å²) in [6, 6.07) is 7.14. The summed E-state index contributed by atoms with van der Waals surface area (Å²) in [6.45, 7) is 2.69. The molecule has 1 rings (SSSR count). The van der Waals surface area contributed by atoms with E-state index in [2.05, 4.69) is 10.5 Å². The molecule has 0 spiro atoms. The molecule has 110 valence electrons. The highest BCUT2D eigenvalue weighted by Gasteiger charge is 2.10. The number of ether oxygens (including phenoxy) is 2. The van der Waals surface area contributed by atoms with Crippen molar-refractivity contribution >= 4 is 11.6 Å². The molecule has 0 fully saturated rings. The Labute approximate surface area is 118 Å². The molecule has 0 atom stereocenters. The lowest BCUT2D eigenvalue weighted by Crippen LogP contribution is -2.31. The van der Waals surface area contributed by atoms with Crippen LogP contribution in [0.5, 0.6) is 5.75 Å². The first-order valence-corrected chi connectivity index (χ1v) is 6.41. The Morgan fingerprint density at radius 3 is 2.80 bits per heavy atom. The lowest BCUT2D eigenvalue weighted by Gasteiger charge is -2.11. The number of amides is 1. The van der Waals surface area contributed by atoms with E-state index in [4.69, 9.17) is 14.7 Å². The molecule has 0 saturated carbocycles. The Hall–Kier alpha value is -2.08. The molecular formula is C14H20N2O4. The highest BCUT2D eigenvalue weighted by Crippen LogP contribution is 2.20. The van der Waals surface area contributed by atoms with E-state index in [1.807, 2.05) is 13.0 Å². The summed E-state index contributed by atoms with van der Waals surface area (Å²) >= 11 is 0. The molecule has 0 aliphatic rings. The molecule has 1 aromatic rings. The summed E-state index contributed by atoms with van der Waals surface area (Å²) in [5, 5.41) is 14.9. The summed E-state index contributed by atoms with van der Waals surface area (Å²) in [4.78, 5) is 11.5. The van der Waals surface area contributed by atoms with Gasteiger partial charge in [-0.2, -0.15) is 0 Å². The van der Waals surface area contributed by atoms with Gasteiger partial charge in [0.2, 0.25) is 0 Å². The summed E-state index contributed by atoms with van der Waals surface area (Å²) < 4.78 is 10.3. The molecule has 20 heavy (non-hydrogen) atoms. The van der Waals surface area contributed by atoms with Gasteiger partial charge < -0.3 is 20.0 Å². The lowest BCUT2D eigenvalue weighted by atomic mass is 10.1. The van der Waals surface area contributed by atoms with Crippen molar-refractivity contribution in [2.45, 2.75) is 13.3 Å². The van der Waals surface area contributed by atoms with Crippen molar-refractivity contribution in [2.24, 2.45) is 5.16 Å². The SMILES string of the molecule is CCC(=NO)c1ccccc1OCC(=O)NCCOC. The van der Waals surface area contributed by atoms with Crippen LogP contribution >= 0.6 is 0 Å². The molecule has 0 heterocycles. The van der Waals surface area contributed by atoms with E-state index in [1.54, 1.807) is 25.3 Å². The van der Waals surface area contributed by atoms with Crippen LogP contribution in [0.25, 0.3) is 0 Å². The van der Waals surface area contributed by atoms with Crippen LogP contribution in [0, 0.1) is 0 Å². The number of benzene rings is 1. The fourth-order valence-corrected chi connectivity index (χ4v) is 1.63. The summed E-state index contributed by atoms with van der Waals surface area (Å²) in [7, 11) is 1.57. The number of para-hydroxylation sites is 1. The van der Waals surface area contributed by atoms with Crippen molar-refractivity contribution in [2.75, 3.05) is 26.9 Å². The van der Waals surface area contributed by atoms with Gasteiger partial charge in [-0.05, 0) is 18.6 Å². The van der Waals surface area contributed by atoms with Gasteiger partial charge >= 0.3 is 0 Å². The van der Waals surface area contributed by atoms with Crippen LogP contribution in [0.15, 0.2) is 29.4 Å². The number of hydrogen-bond acceptors (Lipinski definition) is 5. The molecule has 0 saturated heterocycles. The molecule has 2 N–H and O–H groups in total. The zero-order valence-corrected chi connectivity index (χ0v) is 11.8. The zero-order chi connectivity index (χ0) is 14.8. The Balaban J connectivity index is 2.62. The normalized spacial score (nSPS) is 11.2. The summed E-state index contributed by atoms with van der Waals surface area (Å²) in [5.41, 5.74) is 1.20. The van der Waals surface area contributed by atoms with Crippen LogP contribution in [0.2, 0.25) is 0 Å². The highest BCUT2D eigenvalue weighted by atomic mass is 16.5. The molecule has 0 bridgehead atoms. The number of rotatable bonds is 8. The second-order valence-corrected chi connectivity index (χ2v) is 4.03. The second-order valence-electron chi connectivity index (χ2n) is 4.03. The number of nitrogens with zero attached hydrogens (tertiary/aromatic N) is 1. The molecule has 0 radical (unpaired) electrons. The Kier molecular flexibility index (Phi) is 7.13. The Morgan fingerprint density at radius 2 is 2.15 bits per heavy atom. The van der Waals surface area contributed by atoms with Crippen LogP contribution in [-0.4, -0.2) is 43.7 Å². The number of nitrogens with one attached hydrogen (secondary N) is 1. The van der Waals surface area contributed by atoms with Gasteiger partial charge in [-0.3, -0.25) is 4.79 Å². The van der Waals surface area contributed by atoms with Gasteiger partial charge in [0.15, 0.2) is 6.61 Å². The van der Waals surface area contributed by atoms with Crippen molar-refractivity contribution < 1.29 is 19.5 Å². The monoisotopic (exact) mass is 280 g/mol. The fourth-order valence-electron chi connectivity index (χ4n) is 1.63. The van der Waals surface area contributed by atoms with Crippen LogP contribution in [0.1, 0.15) is 18.9 Å². The lowest BCUT2D eigenvalue weighted by molar-refractivity contribution is -0.123. The maximum absolute atomic E-state index is 11.5. The van der Waals surface area contributed by atoms with Crippen LogP contribution < -0.4 is 10.1 Å². The average molecular weight is 280 g/mol. The van der Waals surface area contributed by atoms with E-state index in [0.29, 0.717) is 36.6 Å². The van der Waals surface area contributed by atoms with Gasteiger partial charge in [0.25, 0.3) is 5.91 Å². The van der Waals surface area contributed by atoms with Gasteiger partial charge in [-0.15, -0.1) is 0 Å². The van der Waals surface area contributed by atoms with E-state index < -0.39 is 0 Å². The summed E-state index contributed by atoms with van der Waals surface area (Å²) in [5.74, 6) is 0.292. The number of methoxy groups -OCH3 is 1. The molecule has 0 aromatic heterocycles. The third-order valence-electron chi connectivity index (χ3n) is 2.64. The van der Waals surface area contributed by atoms with E-state index in [1.165, 1.54) is 0 Å². The molecule has 0 aliphatic heterocycles. The third-order valence-corrected chi connectivity index (χ3v) is 2.64. The topological polar surface area (TPSA) is 80.2 Å². The first-order chi connectivity index (χ1) is 9.72. The van der Waals surface area contributed by atoms with Crippen LogP contribution in [0.4, 0.5) is 0 Å². The molecule has 1 aromatic carbocycles. The molecule has 0 aliphatic carbocycles. The van der Waals surface area contributed by atoms with Crippen LogP contribution in [-0.2, 0) is 9.53 Å². The molecule has 6 nitrogen and oxygen atoms in total. The smallest absolute Gasteiger partial charge is 0.258 e. The molecule has 1 amide bonds. The molecule has 0 unspecified atom stereocenters. The maximum atomic E-state index is 11.5. The van der Waals surface area contributed by atoms with Gasteiger partial charge in [-0.25, -0.2) is 0 Å². The predicted octanol–water partition coefficient (Wildman–Crippen LogP) is 1.42. The zero-order valence-electron chi connectivity index (χ0n) is 11.8. The first kappa shape index (κ1) is 16.0. The van der Waals surface area contributed by atoms with E-state index in [0.717, 1.165) is 0 Å². The highest BCUT2D eigenvalue weighted by molar-refractivity contribution is 6.02. The minimum absolute atomic E-state index is 0.0941. The number of carbonyl (C=O) groups is 1. The molecule has 6 heteroatoms. The fraction of sp³-hybridized carbons (Fsp3) is 0.429. The van der Waals surface area contributed by atoms with E-state index in [9.17, 15) is 4.79 Å². The first-order valence-electron chi connectivity index (χ1n) is 6.41. The van der Waals surface area contributed by atoms with E-state index >= 15 is 0 Å². The average Bonchev–Trinajstić information content (AvgIpc) is 2.48. The third kappa shape index (κ3) is 4.89. The number of oxime groups is 1. The van der Waals surface area contributed by atoms with Crippen molar-refractivity contribution in [3.8, 4) is 5.75 Å². The quantitative estimate of drug-likeness (QED) is 0.326. The van der Waals surface area contributed by atoms with Crippen molar-refractivity contribution in [3.63, 3.8) is 0 Å². The maximum Gasteiger partial charge on any atom is 0.258 e. The van der Waals surface area contributed by atoms with Gasteiger partial charge in [0.05, 0.1) is 12.3 Å². The van der Waals surface area contributed by atoms with E-state index in [-0.39, 0.29) is 12.5 Å². The van der Waals surface area contributed by atoms with Gasteiger partial charge in [0.1, 0.15) is 5.75 Å². The van der Waals surface area contributed by atoms with Crippen LogP contribution in [0.3, 0.4) is 0 Å². The Morgan fingerprint density at radius 1 is 1.40 bits per heavy atom. The van der Waals surface area contributed by atoms with Gasteiger partial charge in [-0.1, -0.05) is 24.2 Å². The standard InChI is InChI=1S/C14H20N2O4/c1-3-12(16-18)11-6-4-5-7-13(11)20-10-14(17)15-8-9-19-2/h4-7,18H,3,8-10H2,1-2H3,(H,15,17). The predicted molar refractivity (Wildman–Crippen MR) is 75.4 cm³/mol. The number of hydrogen-bond donors (Lipinski definition) is 2. The number of carbonyl (C=O) groups excluding carboxylic acids is 1. The molecular weight excluding hydrogens is 260 g/mol. The van der Waals surface area contributed by atoms with Crippen molar-refractivity contribution in [1.82, 2.24) is 5.32 Å². The van der Waals surface area contributed by atoms with Crippen molar-refractivity contribution in [3.05, 3.63) is 29.8 Å². The summed E-state index contributed by atoms with van der Waals surface area (Å²) in [6.07, 6.45) is 0.566. The minimum atomic E-state index is -0.226. The minimum Gasteiger partial charge on any atom is -0.483 e. The van der Waals surface area contributed by atoms with Gasteiger partial charge in [0, 0.05) is 19.2 Å². The Bertz CT molecular complexity index is 460. The largest absolute Gasteiger partial charge is 0.483 e. The second kappa shape index (κ2) is 8.92. The van der Waals surface area contributed by atoms with Crippen molar-refractivity contribution in [1.29, 1.82) is 0 Å².